The van der Waals surface area contributed by atoms with E-state index in [-0.39, 0.29) is 5.82 Å². The Morgan fingerprint density at radius 3 is 2.89 bits per heavy atom. The van der Waals surface area contributed by atoms with Crippen molar-refractivity contribution in [3.05, 3.63) is 29.6 Å². The highest BCUT2D eigenvalue weighted by Gasteiger charge is 2.23. The molecule has 1 unspecified atom stereocenters. The molecular weight excluding hydrogens is 241 g/mol. The standard InChI is InChI=1S/C15H24FN3/c1-18-10-4-5-12(18)11-19(2)15-7-3-6-14(16)13(15)8-9-17/h3,6-7,12H,4-5,8-11,17H2,1-2H3. The topological polar surface area (TPSA) is 32.5 Å². The summed E-state index contributed by atoms with van der Waals surface area (Å²) in [5.41, 5.74) is 7.31. The van der Waals surface area contributed by atoms with E-state index < -0.39 is 0 Å². The zero-order valence-corrected chi connectivity index (χ0v) is 11.9. The molecule has 1 atom stereocenters. The van der Waals surface area contributed by atoms with Gasteiger partial charge in [-0.05, 0) is 51.5 Å². The van der Waals surface area contributed by atoms with Crippen LogP contribution in [0.4, 0.5) is 10.1 Å². The van der Waals surface area contributed by atoms with Crippen molar-refractivity contribution in [1.29, 1.82) is 0 Å². The molecule has 3 nitrogen and oxygen atoms in total. The minimum absolute atomic E-state index is 0.144. The lowest BCUT2D eigenvalue weighted by Gasteiger charge is -2.29. The minimum atomic E-state index is -0.144. The summed E-state index contributed by atoms with van der Waals surface area (Å²) in [5, 5.41) is 0. The van der Waals surface area contributed by atoms with Crippen molar-refractivity contribution in [1.82, 2.24) is 4.90 Å². The largest absolute Gasteiger partial charge is 0.373 e. The number of likely N-dealkylation sites (tertiary alicyclic amines) is 1. The first-order valence-corrected chi connectivity index (χ1v) is 7.02. The van der Waals surface area contributed by atoms with Crippen molar-refractivity contribution < 1.29 is 4.39 Å². The Balaban J connectivity index is 2.13. The summed E-state index contributed by atoms with van der Waals surface area (Å²) >= 11 is 0. The van der Waals surface area contributed by atoms with E-state index in [1.807, 2.05) is 13.1 Å². The van der Waals surface area contributed by atoms with E-state index in [1.54, 1.807) is 6.07 Å². The van der Waals surface area contributed by atoms with Gasteiger partial charge in [-0.3, -0.25) is 0 Å². The van der Waals surface area contributed by atoms with Crippen LogP contribution in [0.1, 0.15) is 18.4 Å². The molecule has 1 aliphatic heterocycles. The number of likely N-dealkylation sites (N-methyl/N-ethyl adjacent to an activating group) is 2. The Kier molecular flexibility index (Phi) is 4.77. The zero-order chi connectivity index (χ0) is 13.8. The summed E-state index contributed by atoms with van der Waals surface area (Å²) in [6.07, 6.45) is 3.07. The van der Waals surface area contributed by atoms with Gasteiger partial charge in [0.1, 0.15) is 5.82 Å². The first-order chi connectivity index (χ1) is 9.13. The maximum atomic E-state index is 13.9. The zero-order valence-electron chi connectivity index (χ0n) is 11.9. The van der Waals surface area contributed by atoms with Crippen molar-refractivity contribution in [3.8, 4) is 0 Å². The molecule has 0 amide bonds. The fourth-order valence-corrected chi connectivity index (χ4v) is 2.92. The maximum absolute atomic E-state index is 13.9. The van der Waals surface area contributed by atoms with Gasteiger partial charge in [0.15, 0.2) is 0 Å². The molecule has 1 aromatic carbocycles. The van der Waals surface area contributed by atoms with Crippen LogP contribution in [0.25, 0.3) is 0 Å². The Labute approximate surface area is 115 Å². The second-order valence-corrected chi connectivity index (χ2v) is 5.43. The van der Waals surface area contributed by atoms with Gasteiger partial charge >= 0.3 is 0 Å². The van der Waals surface area contributed by atoms with Crippen molar-refractivity contribution in [2.45, 2.75) is 25.3 Å². The highest BCUT2D eigenvalue weighted by Crippen LogP contribution is 2.25. The number of anilines is 1. The third-order valence-electron chi connectivity index (χ3n) is 4.06. The molecule has 2 N–H and O–H groups in total. The van der Waals surface area contributed by atoms with Crippen molar-refractivity contribution in [3.63, 3.8) is 0 Å². The average Bonchev–Trinajstić information content (AvgIpc) is 2.78. The van der Waals surface area contributed by atoms with E-state index in [2.05, 4.69) is 16.8 Å². The van der Waals surface area contributed by atoms with Crippen molar-refractivity contribution in [2.75, 3.05) is 38.6 Å². The summed E-state index contributed by atoms with van der Waals surface area (Å²) in [5.74, 6) is -0.144. The van der Waals surface area contributed by atoms with Crippen LogP contribution in [-0.4, -0.2) is 44.7 Å². The normalized spacial score (nSPS) is 19.9. The molecule has 2 rings (SSSR count). The Morgan fingerprint density at radius 1 is 1.47 bits per heavy atom. The molecule has 1 fully saturated rings. The molecule has 1 aromatic rings. The van der Waals surface area contributed by atoms with Gasteiger partial charge in [0.2, 0.25) is 0 Å². The first-order valence-electron chi connectivity index (χ1n) is 7.02. The molecule has 0 saturated carbocycles. The third-order valence-corrected chi connectivity index (χ3v) is 4.06. The summed E-state index contributed by atoms with van der Waals surface area (Å²) in [6.45, 7) is 2.58. The van der Waals surface area contributed by atoms with Crippen molar-refractivity contribution in [2.24, 2.45) is 5.73 Å². The van der Waals surface area contributed by atoms with Gasteiger partial charge in [0.25, 0.3) is 0 Å². The van der Waals surface area contributed by atoms with E-state index in [0.717, 1.165) is 24.3 Å². The lowest BCUT2D eigenvalue weighted by Crippen LogP contribution is -2.37. The summed E-state index contributed by atoms with van der Waals surface area (Å²) in [7, 11) is 4.21. The van der Waals surface area contributed by atoms with Crippen LogP contribution in [0.5, 0.6) is 0 Å². The number of nitrogens with two attached hydrogens (primary N) is 1. The van der Waals surface area contributed by atoms with Crippen LogP contribution in [0.15, 0.2) is 18.2 Å². The summed E-state index contributed by atoms with van der Waals surface area (Å²) in [6, 6.07) is 5.85. The van der Waals surface area contributed by atoms with Crippen LogP contribution in [0.3, 0.4) is 0 Å². The average molecular weight is 265 g/mol. The second-order valence-electron chi connectivity index (χ2n) is 5.43. The van der Waals surface area contributed by atoms with Crippen LogP contribution >= 0.6 is 0 Å². The molecule has 0 bridgehead atoms. The van der Waals surface area contributed by atoms with E-state index in [1.165, 1.54) is 18.9 Å². The molecule has 0 aliphatic carbocycles. The quantitative estimate of drug-likeness (QED) is 0.882. The van der Waals surface area contributed by atoms with Crippen molar-refractivity contribution >= 4 is 5.69 Å². The van der Waals surface area contributed by atoms with E-state index in [4.69, 9.17) is 5.73 Å². The summed E-state index contributed by atoms with van der Waals surface area (Å²) in [4.78, 5) is 4.55. The van der Waals surface area contributed by atoms with Gasteiger partial charge < -0.3 is 15.5 Å². The Hall–Kier alpha value is -1.13. The number of benzene rings is 1. The fourth-order valence-electron chi connectivity index (χ4n) is 2.92. The molecule has 4 heteroatoms. The molecule has 19 heavy (non-hydrogen) atoms. The van der Waals surface area contributed by atoms with E-state index in [0.29, 0.717) is 19.0 Å². The fraction of sp³-hybridized carbons (Fsp3) is 0.600. The lowest BCUT2D eigenvalue weighted by atomic mass is 10.1. The van der Waals surface area contributed by atoms with E-state index in [9.17, 15) is 4.39 Å². The second kappa shape index (κ2) is 6.35. The third kappa shape index (κ3) is 3.25. The molecule has 1 aliphatic rings. The van der Waals surface area contributed by atoms with Crippen LogP contribution in [-0.2, 0) is 6.42 Å². The molecule has 0 spiro atoms. The predicted molar refractivity (Wildman–Crippen MR) is 78.1 cm³/mol. The molecular formula is C15H24FN3. The number of hydrogen-bond donors (Lipinski definition) is 1. The number of nitrogens with zero attached hydrogens (tertiary/aromatic N) is 2. The van der Waals surface area contributed by atoms with Gasteiger partial charge in [-0.2, -0.15) is 0 Å². The molecule has 0 aromatic heterocycles. The van der Waals surface area contributed by atoms with Gasteiger partial charge in [-0.15, -0.1) is 0 Å². The molecule has 1 saturated heterocycles. The molecule has 0 radical (unpaired) electrons. The Morgan fingerprint density at radius 2 is 2.26 bits per heavy atom. The smallest absolute Gasteiger partial charge is 0.128 e. The monoisotopic (exact) mass is 265 g/mol. The number of hydrogen-bond acceptors (Lipinski definition) is 3. The van der Waals surface area contributed by atoms with Gasteiger partial charge in [-0.25, -0.2) is 4.39 Å². The summed E-state index contributed by atoms with van der Waals surface area (Å²) < 4.78 is 13.9. The lowest BCUT2D eigenvalue weighted by molar-refractivity contribution is 0.314. The van der Waals surface area contributed by atoms with Crippen LogP contribution in [0, 0.1) is 5.82 Å². The first kappa shape index (κ1) is 14.3. The SMILES string of the molecule is CN(CC1CCCN1C)c1cccc(F)c1CCN. The van der Waals surface area contributed by atoms with Gasteiger partial charge in [0.05, 0.1) is 0 Å². The molecule has 1 heterocycles. The van der Waals surface area contributed by atoms with Gasteiger partial charge in [-0.1, -0.05) is 6.07 Å². The highest BCUT2D eigenvalue weighted by molar-refractivity contribution is 5.54. The predicted octanol–water partition coefficient (Wildman–Crippen LogP) is 1.86. The van der Waals surface area contributed by atoms with E-state index >= 15 is 0 Å². The Bertz CT molecular complexity index is 422. The van der Waals surface area contributed by atoms with Gasteiger partial charge in [0, 0.05) is 30.9 Å². The maximum Gasteiger partial charge on any atom is 0.128 e. The number of rotatable bonds is 5. The highest BCUT2D eigenvalue weighted by atomic mass is 19.1. The van der Waals surface area contributed by atoms with Crippen LogP contribution < -0.4 is 10.6 Å². The minimum Gasteiger partial charge on any atom is -0.373 e. The number of halogens is 1. The molecule has 106 valence electrons. The van der Waals surface area contributed by atoms with Crippen LogP contribution in [0.2, 0.25) is 0 Å².